The highest BCUT2D eigenvalue weighted by Gasteiger charge is 2.12. The molecule has 18 heavy (non-hydrogen) atoms. The van der Waals surface area contributed by atoms with E-state index in [1.165, 1.54) is 17.5 Å². The van der Waals surface area contributed by atoms with Gasteiger partial charge in [-0.05, 0) is 28.4 Å². The Morgan fingerprint density at radius 3 is 2.89 bits per heavy atom. The molecule has 0 radical (unpaired) electrons. The summed E-state index contributed by atoms with van der Waals surface area (Å²) in [4.78, 5) is 12.2. The highest BCUT2D eigenvalue weighted by atomic mass is 79.9. The molecule has 0 amide bonds. The molecular weight excluding hydrogens is 308 g/mol. The van der Waals surface area contributed by atoms with E-state index < -0.39 is 0 Å². The zero-order chi connectivity index (χ0) is 13.0. The molecule has 0 atom stereocenters. The second-order valence-electron chi connectivity index (χ2n) is 4.50. The van der Waals surface area contributed by atoms with Gasteiger partial charge in [0.15, 0.2) is 5.78 Å². The molecule has 0 saturated carbocycles. The fourth-order valence-corrected chi connectivity index (χ4v) is 3.71. The van der Waals surface area contributed by atoms with Gasteiger partial charge in [0.2, 0.25) is 0 Å². The number of hydrogen-bond donors (Lipinski definition) is 0. The molecule has 0 bridgehead atoms. The van der Waals surface area contributed by atoms with Crippen LogP contribution in [0.3, 0.4) is 0 Å². The molecule has 0 saturated heterocycles. The highest BCUT2D eigenvalue weighted by molar-refractivity contribution is 9.10. The Kier molecular flexibility index (Phi) is 4.95. The van der Waals surface area contributed by atoms with Crippen LogP contribution in [0.2, 0.25) is 0 Å². The summed E-state index contributed by atoms with van der Waals surface area (Å²) in [5.41, 5.74) is 0.896. The van der Waals surface area contributed by atoms with Crippen molar-refractivity contribution in [1.82, 2.24) is 0 Å². The summed E-state index contributed by atoms with van der Waals surface area (Å²) in [7, 11) is 0. The van der Waals surface area contributed by atoms with E-state index in [1.807, 2.05) is 23.6 Å². The molecule has 96 valence electrons. The predicted octanol–water partition coefficient (Wildman–Crippen LogP) is 5.82. The molecule has 0 fully saturated rings. The number of unbranched alkanes of at least 4 members (excludes halogenated alkanes) is 3. The van der Waals surface area contributed by atoms with Crippen LogP contribution in [0.15, 0.2) is 28.1 Å². The maximum absolute atomic E-state index is 12.2. The minimum atomic E-state index is 0.287. The van der Waals surface area contributed by atoms with E-state index in [9.17, 15) is 4.79 Å². The number of halogens is 1. The van der Waals surface area contributed by atoms with Crippen LogP contribution >= 0.6 is 27.3 Å². The summed E-state index contributed by atoms with van der Waals surface area (Å²) in [6, 6.07) is 6.05. The average Bonchev–Trinajstić information content (AvgIpc) is 2.80. The predicted molar refractivity (Wildman–Crippen MR) is 82.6 cm³/mol. The SMILES string of the molecule is CCCCCCC(=O)c1csc2c(Br)cccc12. The molecule has 2 rings (SSSR count). The molecule has 0 unspecified atom stereocenters. The first kappa shape index (κ1) is 13.8. The Morgan fingerprint density at radius 2 is 2.11 bits per heavy atom. The van der Waals surface area contributed by atoms with E-state index in [1.54, 1.807) is 11.3 Å². The monoisotopic (exact) mass is 324 g/mol. The van der Waals surface area contributed by atoms with Crippen LogP contribution < -0.4 is 0 Å². The first-order valence-electron chi connectivity index (χ1n) is 6.43. The number of Topliss-reactive ketones (excluding diaryl/α,β-unsaturated/α-hetero) is 1. The van der Waals surface area contributed by atoms with Gasteiger partial charge >= 0.3 is 0 Å². The standard InChI is InChI=1S/C15H17BrOS/c1-2-3-4-5-9-14(17)12-10-18-15-11(12)7-6-8-13(15)16/h6-8,10H,2-5,9H2,1H3. The maximum atomic E-state index is 12.2. The second kappa shape index (κ2) is 6.48. The first-order chi connectivity index (χ1) is 8.74. The Morgan fingerprint density at radius 1 is 1.28 bits per heavy atom. The zero-order valence-electron chi connectivity index (χ0n) is 10.5. The number of thiophene rings is 1. The van der Waals surface area contributed by atoms with Crippen molar-refractivity contribution in [1.29, 1.82) is 0 Å². The number of fused-ring (bicyclic) bond motifs is 1. The number of rotatable bonds is 6. The van der Waals surface area contributed by atoms with Gasteiger partial charge in [-0.15, -0.1) is 11.3 Å². The van der Waals surface area contributed by atoms with Crippen LogP contribution in [0.1, 0.15) is 49.4 Å². The lowest BCUT2D eigenvalue weighted by Gasteiger charge is -2.00. The van der Waals surface area contributed by atoms with Crippen molar-refractivity contribution in [3.63, 3.8) is 0 Å². The van der Waals surface area contributed by atoms with E-state index >= 15 is 0 Å². The van der Waals surface area contributed by atoms with E-state index in [2.05, 4.69) is 22.9 Å². The van der Waals surface area contributed by atoms with Gasteiger partial charge in [-0.3, -0.25) is 4.79 Å². The highest BCUT2D eigenvalue weighted by Crippen LogP contribution is 2.32. The molecule has 0 spiro atoms. The lowest BCUT2D eigenvalue weighted by Crippen LogP contribution is -1.97. The lowest BCUT2D eigenvalue weighted by atomic mass is 10.0. The topological polar surface area (TPSA) is 17.1 Å². The van der Waals surface area contributed by atoms with Crippen molar-refractivity contribution in [3.8, 4) is 0 Å². The third-order valence-electron chi connectivity index (χ3n) is 3.11. The summed E-state index contributed by atoms with van der Waals surface area (Å²) in [5.74, 6) is 0.287. The van der Waals surface area contributed by atoms with Gasteiger partial charge < -0.3 is 0 Å². The first-order valence-corrected chi connectivity index (χ1v) is 8.10. The number of hydrogen-bond acceptors (Lipinski definition) is 2. The van der Waals surface area contributed by atoms with Crippen molar-refractivity contribution in [2.24, 2.45) is 0 Å². The van der Waals surface area contributed by atoms with E-state index in [-0.39, 0.29) is 5.78 Å². The van der Waals surface area contributed by atoms with Crippen LogP contribution in [0.25, 0.3) is 10.1 Å². The molecular formula is C15H17BrOS. The van der Waals surface area contributed by atoms with Gasteiger partial charge in [0.1, 0.15) is 0 Å². The van der Waals surface area contributed by atoms with Gasteiger partial charge in [-0.2, -0.15) is 0 Å². The molecule has 1 aromatic carbocycles. The summed E-state index contributed by atoms with van der Waals surface area (Å²) in [6.45, 7) is 2.19. The van der Waals surface area contributed by atoms with Crippen LogP contribution in [-0.2, 0) is 0 Å². The van der Waals surface area contributed by atoms with Gasteiger partial charge in [-0.25, -0.2) is 0 Å². The molecule has 1 aromatic heterocycles. The summed E-state index contributed by atoms with van der Waals surface area (Å²) in [6.07, 6.45) is 5.29. The molecule has 0 aliphatic rings. The Labute approximate surface area is 120 Å². The Balaban J connectivity index is 2.11. The molecule has 0 aliphatic heterocycles. The lowest BCUT2D eigenvalue weighted by molar-refractivity contribution is 0.0981. The Hall–Kier alpha value is -0.670. The molecule has 0 aliphatic carbocycles. The van der Waals surface area contributed by atoms with Crippen LogP contribution in [-0.4, -0.2) is 5.78 Å². The second-order valence-corrected chi connectivity index (χ2v) is 6.23. The molecule has 2 aromatic rings. The van der Waals surface area contributed by atoms with Gasteiger partial charge in [-0.1, -0.05) is 38.3 Å². The third-order valence-corrected chi connectivity index (χ3v) is 5.06. The average molecular weight is 325 g/mol. The fourth-order valence-electron chi connectivity index (χ4n) is 2.08. The van der Waals surface area contributed by atoms with Crippen LogP contribution in [0.5, 0.6) is 0 Å². The van der Waals surface area contributed by atoms with Crippen molar-refractivity contribution in [2.45, 2.75) is 39.0 Å². The minimum Gasteiger partial charge on any atom is -0.294 e. The third kappa shape index (κ3) is 3.01. The van der Waals surface area contributed by atoms with Crippen molar-refractivity contribution < 1.29 is 4.79 Å². The number of benzene rings is 1. The fraction of sp³-hybridized carbons (Fsp3) is 0.400. The number of carbonyl (C=O) groups is 1. The summed E-state index contributed by atoms with van der Waals surface area (Å²) >= 11 is 5.18. The smallest absolute Gasteiger partial charge is 0.164 e. The van der Waals surface area contributed by atoms with Crippen molar-refractivity contribution in [3.05, 3.63) is 33.6 Å². The normalized spacial score (nSPS) is 11.0. The van der Waals surface area contributed by atoms with E-state index in [0.717, 1.165) is 28.3 Å². The largest absolute Gasteiger partial charge is 0.294 e. The molecule has 1 nitrogen and oxygen atoms in total. The van der Waals surface area contributed by atoms with Crippen LogP contribution in [0, 0.1) is 0 Å². The van der Waals surface area contributed by atoms with Gasteiger partial charge in [0.25, 0.3) is 0 Å². The van der Waals surface area contributed by atoms with Crippen molar-refractivity contribution >= 4 is 43.1 Å². The summed E-state index contributed by atoms with van der Waals surface area (Å²) < 4.78 is 2.25. The van der Waals surface area contributed by atoms with Gasteiger partial charge in [0.05, 0.1) is 0 Å². The molecule has 3 heteroatoms. The quantitative estimate of drug-likeness (QED) is 0.483. The van der Waals surface area contributed by atoms with E-state index in [4.69, 9.17) is 0 Å². The Bertz CT molecular complexity index is 544. The molecule has 0 N–H and O–H groups in total. The van der Waals surface area contributed by atoms with E-state index in [0.29, 0.717) is 6.42 Å². The zero-order valence-corrected chi connectivity index (χ0v) is 12.9. The van der Waals surface area contributed by atoms with Crippen molar-refractivity contribution in [2.75, 3.05) is 0 Å². The number of carbonyl (C=O) groups excluding carboxylic acids is 1. The molecule has 1 heterocycles. The van der Waals surface area contributed by atoms with Crippen LogP contribution in [0.4, 0.5) is 0 Å². The van der Waals surface area contributed by atoms with Gasteiger partial charge in [0, 0.05) is 31.9 Å². The summed E-state index contributed by atoms with van der Waals surface area (Å²) in [5, 5.41) is 3.09. The maximum Gasteiger partial charge on any atom is 0.164 e. The minimum absolute atomic E-state index is 0.287. The number of ketones is 1.